The summed E-state index contributed by atoms with van der Waals surface area (Å²) in [5, 5.41) is 9.60. The smallest absolute Gasteiger partial charge is 0.349 e. The number of carbonyl (C=O) groups is 1. The van der Waals surface area contributed by atoms with Crippen molar-refractivity contribution in [1.29, 1.82) is 5.26 Å². The van der Waals surface area contributed by atoms with E-state index in [0.717, 1.165) is 20.8 Å². The zero-order valence-corrected chi connectivity index (χ0v) is 15.5. The quantitative estimate of drug-likeness (QED) is 0.363. The molecule has 4 rings (SSSR count). The zero-order chi connectivity index (χ0) is 19.3. The van der Waals surface area contributed by atoms with E-state index in [9.17, 15) is 4.79 Å². The molecule has 3 aromatic carbocycles. The van der Waals surface area contributed by atoms with E-state index >= 15 is 0 Å². The highest BCUT2D eigenvalue weighted by molar-refractivity contribution is 7.21. The number of para-hydroxylation sites is 2. The van der Waals surface area contributed by atoms with Crippen molar-refractivity contribution in [2.75, 3.05) is 6.61 Å². The number of carbonyl (C=O) groups excluding carboxylic acids is 1. The molecule has 0 aliphatic heterocycles. The molecule has 0 atom stereocenters. The van der Waals surface area contributed by atoms with Gasteiger partial charge in [-0.2, -0.15) is 5.26 Å². The van der Waals surface area contributed by atoms with Gasteiger partial charge in [-0.25, -0.2) is 9.78 Å². The van der Waals surface area contributed by atoms with Crippen LogP contribution >= 0.6 is 11.3 Å². The molecule has 4 aromatic rings. The Hall–Kier alpha value is -3.69. The monoisotopic (exact) mass is 386 g/mol. The van der Waals surface area contributed by atoms with Crippen molar-refractivity contribution < 1.29 is 14.3 Å². The summed E-state index contributed by atoms with van der Waals surface area (Å²) >= 11 is 1.55. The van der Waals surface area contributed by atoms with Crippen molar-refractivity contribution in [3.63, 3.8) is 0 Å². The van der Waals surface area contributed by atoms with E-state index in [1.54, 1.807) is 47.7 Å². The lowest BCUT2D eigenvalue weighted by molar-refractivity contribution is -0.136. The minimum atomic E-state index is -0.516. The Labute approximate surface area is 165 Å². The Kier molecular flexibility index (Phi) is 5.00. The average molecular weight is 386 g/mol. The minimum Gasteiger partial charge on any atom is -0.482 e. The lowest BCUT2D eigenvalue weighted by atomic mass is 10.2. The zero-order valence-electron chi connectivity index (χ0n) is 14.7. The van der Waals surface area contributed by atoms with E-state index in [4.69, 9.17) is 14.7 Å². The summed E-state index contributed by atoms with van der Waals surface area (Å²) < 4.78 is 12.0. The Morgan fingerprint density at radius 3 is 2.54 bits per heavy atom. The van der Waals surface area contributed by atoms with Gasteiger partial charge in [0.05, 0.1) is 27.4 Å². The Morgan fingerprint density at radius 2 is 1.75 bits per heavy atom. The van der Waals surface area contributed by atoms with E-state index in [-0.39, 0.29) is 6.61 Å². The summed E-state index contributed by atoms with van der Waals surface area (Å²) in [6.07, 6.45) is 0. The number of nitrogens with zero attached hydrogens (tertiary/aromatic N) is 2. The molecule has 0 saturated carbocycles. The topological polar surface area (TPSA) is 72.2 Å². The molecule has 1 heterocycles. The molecule has 0 aliphatic carbocycles. The first-order valence-electron chi connectivity index (χ1n) is 8.51. The highest BCUT2D eigenvalue weighted by atomic mass is 32.1. The number of hydrogen-bond donors (Lipinski definition) is 0. The van der Waals surface area contributed by atoms with Gasteiger partial charge in [0, 0.05) is 0 Å². The maximum Gasteiger partial charge on any atom is 0.349 e. The molecule has 0 radical (unpaired) electrons. The third kappa shape index (κ3) is 3.85. The van der Waals surface area contributed by atoms with E-state index in [0.29, 0.717) is 17.1 Å². The standard InChI is InChI=1S/C22H14N2O3S/c23-13-15-9-11-16(12-10-15)26-14-21(25)27-19-7-3-1-5-17(19)22-24-18-6-2-4-8-20(18)28-22/h1-12H,14H2. The lowest BCUT2D eigenvalue weighted by Gasteiger charge is -2.09. The Morgan fingerprint density at radius 1 is 1.00 bits per heavy atom. The van der Waals surface area contributed by atoms with Crippen molar-refractivity contribution >= 4 is 27.5 Å². The van der Waals surface area contributed by atoms with Gasteiger partial charge in [0.15, 0.2) is 6.61 Å². The van der Waals surface area contributed by atoms with Gasteiger partial charge in [-0.15, -0.1) is 11.3 Å². The number of ether oxygens (including phenoxy) is 2. The molecular weight excluding hydrogens is 372 g/mol. The van der Waals surface area contributed by atoms with Gasteiger partial charge in [-0.3, -0.25) is 0 Å². The fraction of sp³-hybridized carbons (Fsp3) is 0.0455. The largest absolute Gasteiger partial charge is 0.482 e. The molecule has 0 N–H and O–H groups in total. The van der Waals surface area contributed by atoms with Crippen molar-refractivity contribution in [1.82, 2.24) is 4.98 Å². The van der Waals surface area contributed by atoms with Crippen molar-refractivity contribution in [2.24, 2.45) is 0 Å². The molecule has 5 nitrogen and oxygen atoms in total. The van der Waals surface area contributed by atoms with Crippen LogP contribution in [0.4, 0.5) is 0 Å². The summed E-state index contributed by atoms with van der Waals surface area (Å²) in [5.41, 5.74) is 2.20. The lowest BCUT2D eigenvalue weighted by Crippen LogP contribution is -2.18. The van der Waals surface area contributed by atoms with Crippen LogP contribution in [0.1, 0.15) is 5.56 Å². The number of esters is 1. The molecule has 0 aliphatic rings. The molecule has 0 fully saturated rings. The number of benzene rings is 3. The van der Waals surface area contributed by atoms with Crippen LogP contribution in [0.5, 0.6) is 11.5 Å². The minimum absolute atomic E-state index is 0.236. The number of hydrogen-bond acceptors (Lipinski definition) is 6. The molecule has 1 aromatic heterocycles. The number of aromatic nitrogens is 1. The molecule has 136 valence electrons. The highest BCUT2D eigenvalue weighted by Gasteiger charge is 2.14. The summed E-state index contributed by atoms with van der Waals surface area (Å²) in [6.45, 7) is -0.236. The molecule has 0 saturated heterocycles. The second kappa shape index (κ2) is 7.91. The van der Waals surface area contributed by atoms with Crippen LogP contribution in [0.15, 0.2) is 72.8 Å². The van der Waals surface area contributed by atoms with Crippen molar-refractivity contribution in [3.05, 3.63) is 78.4 Å². The fourth-order valence-corrected chi connectivity index (χ4v) is 3.64. The molecule has 0 spiro atoms. The van der Waals surface area contributed by atoms with Crippen molar-refractivity contribution in [2.45, 2.75) is 0 Å². The van der Waals surface area contributed by atoms with E-state index < -0.39 is 5.97 Å². The second-order valence-corrected chi connectivity index (χ2v) is 6.91. The van der Waals surface area contributed by atoms with Gasteiger partial charge in [0.25, 0.3) is 0 Å². The van der Waals surface area contributed by atoms with E-state index in [1.165, 1.54) is 0 Å². The number of fused-ring (bicyclic) bond motifs is 1. The second-order valence-electron chi connectivity index (χ2n) is 5.88. The normalized spacial score (nSPS) is 10.4. The van der Waals surface area contributed by atoms with Gasteiger partial charge in [0.2, 0.25) is 0 Å². The van der Waals surface area contributed by atoms with Gasteiger partial charge in [0.1, 0.15) is 16.5 Å². The highest BCUT2D eigenvalue weighted by Crippen LogP contribution is 2.35. The van der Waals surface area contributed by atoms with Crippen LogP contribution in [-0.2, 0) is 4.79 Å². The molecule has 0 amide bonds. The molecule has 28 heavy (non-hydrogen) atoms. The van der Waals surface area contributed by atoms with Crippen LogP contribution in [0.2, 0.25) is 0 Å². The predicted molar refractivity (Wildman–Crippen MR) is 107 cm³/mol. The first-order valence-corrected chi connectivity index (χ1v) is 9.33. The predicted octanol–water partition coefficient (Wildman–Crippen LogP) is 4.82. The first-order chi connectivity index (χ1) is 13.7. The maximum absolute atomic E-state index is 12.2. The van der Waals surface area contributed by atoms with Crippen molar-refractivity contribution in [3.8, 4) is 28.1 Å². The molecule has 0 bridgehead atoms. The molecular formula is C22H14N2O3S. The molecule has 0 unspecified atom stereocenters. The number of nitriles is 1. The Balaban J connectivity index is 1.48. The summed E-state index contributed by atoms with van der Waals surface area (Å²) in [5.74, 6) is 0.420. The van der Waals surface area contributed by atoms with Crippen LogP contribution in [0, 0.1) is 11.3 Å². The first kappa shape index (κ1) is 17.7. The average Bonchev–Trinajstić information content (AvgIpc) is 3.17. The van der Waals surface area contributed by atoms with E-state index in [2.05, 4.69) is 4.98 Å². The fourth-order valence-electron chi connectivity index (χ4n) is 2.64. The third-order valence-corrected chi connectivity index (χ3v) is 5.04. The molecule has 6 heteroatoms. The van der Waals surface area contributed by atoms with Gasteiger partial charge >= 0.3 is 5.97 Å². The SMILES string of the molecule is N#Cc1ccc(OCC(=O)Oc2ccccc2-c2nc3ccccc3s2)cc1. The van der Waals surface area contributed by atoms with Crippen LogP contribution in [-0.4, -0.2) is 17.6 Å². The number of thiazole rings is 1. The van der Waals surface area contributed by atoms with Crippen LogP contribution in [0.3, 0.4) is 0 Å². The maximum atomic E-state index is 12.2. The Bertz CT molecular complexity index is 1140. The van der Waals surface area contributed by atoms with Crippen LogP contribution < -0.4 is 9.47 Å². The van der Waals surface area contributed by atoms with Gasteiger partial charge in [-0.05, 0) is 48.5 Å². The van der Waals surface area contributed by atoms with Gasteiger partial charge in [-0.1, -0.05) is 24.3 Å². The van der Waals surface area contributed by atoms with Crippen LogP contribution in [0.25, 0.3) is 20.8 Å². The summed E-state index contributed by atoms with van der Waals surface area (Å²) in [4.78, 5) is 16.9. The third-order valence-electron chi connectivity index (χ3n) is 3.98. The summed E-state index contributed by atoms with van der Waals surface area (Å²) in [6, 6.07) is 23.7. The summed E-state index contributed by atoms with van der Waals surface area (Å²) in [7, 11) is 0. The van der Waals surface area contributed by atoms with E-state index in [1.807, 2.05) is 42.5 Å². The number of rotatable bonds is 5. The van der Waals surface area contributed by atoms with Gasteiger partial charge < -0.3 is 9.47 Å².